The zero-order chi connectivity index (χ0) is 27.9. The van der Waals surface area contributed by atoms with Crippen molar-refractivity contribution in [2.24, 2.45) is 0 Å². The highest BCUT2D eigenvalue weighted by atomic mass is 32.2. The average molecular weight is 554 g/mol. The number of benzene rings is 3. The molecule has 38 heavy (non-hydrogen) atoms. The highest BCUT2D eigenvalue weighted by Crippen LogP contribution is 2.26. The third-order valence-electron chi connectivity index (χ3n) is 6.37. The van der Waals surface area contributed by atoms with Gasteiger partial charge >= 0.3 is 0 Å². The van der Waals surface area contributed by atoms with E-state index >= 15 is 0 Å². The number of carbonyl (C=O) groups excluding carboxylic acids is 2. The number of rotatable bonds is 11. The first-order chi connectivity index (χ1) is 18.1. The molecule has 7 nitrogen and oxygen atoms in total. The van der Waals surface area contributed by atoms with E-state index in [1.54, 1.807) is 43.3 Å². The van der Waals surface area contributed by atoms with Gasteiger partial charge in [-0.3, -0.25) is 13.9 Å². The minimum Gasteiger partial charge on any atom is -0.355 e. The second-order valence-electron chi connectivity index (χ2n) is 9.04. The van der Waals surface area contributed by atoms with Crippen LogP contribution in [0.25, 0.3) is 0 Å². The van der Waals surface area contributed by atoms with Crippen LogP contribution in [0.4, 0.5) is 5.69 Å². The van der Waals surface area contributed by atoms with Crippen molar-refractivity contribution < 1.29 is 18.0 Å². The summed E-state index contributed by atoms with van der Waals surface area (Å²) in [7, 11) is -4.08. The lowest BCUT2D eigenvalue weighted by Crippen LogP contribution is -2.51. The Labute approximate surface area is 230 Å². The van der Waals surface area contributed by atoms with Gasteiger partial charge in [0.1, 0.15) is 12.6 Å². The number of thioether (sulfide) groups is 1. The van der Waals surface area contributed by atoms with E-state index in [0.717, 1.165) is 25.9 Å². The van der Waals surface area contributed by atoms with Gasteiger partial charge in [-0.25, -0.2) is 8.42 Å². The van der Waals surface area contributed by atoms with Crippen molar-refractivity contribution in [1.29, 1.82) is 0 Å². The van der Waals surface area contributed by atoms with Crippen LogP contribution in [0.1, 0.15) is 30.5 Å². The van der Waals surface area contributed by atoms with Gasteiger partial charge in [0, 0.05) is 18.0 Å². The molecule has 0 heterocycles. The molecule has 2 amide bonds. The van der Waals surface area contributed by atoms with Crippen molar-refractivity contribution in [2.45, 2.75) is 50.1 Å². The SMILES string of the molecule is CCNC(=O)[C@@H](C)N(Cc1ccccc1C)C(=O)CN(c1ccc(C)cc1)S(=O)(=O)c1ccc(SC)cc1. The maximum atomic E-state index is 13.9. The Balaban J connectivity index is 2.03. The Hall–Kier alpha value is -3.30. The first kappa shape index (κ1) is 29.3. The topological polar surface area (TPSA) is 86.8 Å². The fourth-order valence-electron chi connectivity index (χ4n) is 3.99. The fraction of sp³-hybridized carbons (Fsp3) is 0.310. The first-order valence-corrected chi connectivity index (χ1v) is 15.1. The molecule has 0 aliphatic rings. The summed E-state index contributed by atoms with van der Waals surface area (Å²) in [5, 5.41) is 2.77. The van der Waals surface area contributed by atoms with Crippen LogP contribution in [0.3, 0.4) is 0 Å². The molecule has 0 radical (unpaired) electrons. The molecule has 0 spiro atoms. The van der Waals surface area contributed by atoms with Crippen LogP contribution in [0, 0.1) is 13.8 Å². The molecule has 0 aromatic heterocycles. The highest BCUT2D eigenvalue weighted by molar-refractivity contribution is 7.98. The molecule has 202 valence electrons. The van der Waals surface area contributed by atoms with Crippen molar-refractivity contribution in [3.63, 3.8) is 0 Å². The Morgan fingerprint density at radius 2 is 1.58 bits per heavy atom. The monoisotopic (exact) mass is 553 g/mol. The number of nitrogens with one attached hydrogen (secondary N) is 1. The minimum absolute atomic E-state index is 0.0888. The standard InChI is InChI=1S/C29H35N3O4S2/c1-6-30-29(34)23(4)31(19-24-10-8-7-9-22(24)3)28(33)20-32(25-13-11-21(2)12-14-25)38(35,36)27-17-15-26(37-5)16-18-27/h7-18,23H,6,19-20H2,1-5H3,(H,30,34)/t23-/m1/s1. The lowest BCUT2D eigenvalue weighted by Gasteiger charge is -2.32. The van der Waals surface area contributed by atoms with Crippen LogP contribution < -0.4 is 9.62 Å². The van der Waals surface area contributed by atoms with E-state index < -0.39 is 28.5 Å². The van der Waals surface area contributed by atoms with Crippen LogP contribution in [0.15, 0.2) is 82.6 Å². The van der Waals surface area contributed by atoms with Crippen molar-refractivity contribution >= 4 is 39.3 Å². The molecule has 0 saturated heterocycles. The molecule has 1 atom stereocenters. The van der Waals surface area contributed by atoms with Gasteiger partial charge in [-0.05, 0) is 81.5 Å². The molecule has 3 aromatic carbocycles. The second-order valence-corrected chi connectivity index (χ2v) is 11.8. The lowest BCUT2D eigenvalue weighted by molar-refractivity contribution is -0.139. The van der Waals surface area contributed by atoms with Crippen LogP contribution in [-0.2, 0) is 26.2 Å². The molecule has 0 fully saturated rings. The summed E-state index contributed by atoms with van der Waals surface area (Å²) in [6.45, 7) is 7.47. The lowest BCUT2D eigenvalue weighted by atomic mass is 10.1. The predicted molar refractivity (Wildman–Crippen MR) is 154 cm³/mol. The smallest absolute Gasteiger partial charge is 0.264 e. The number of amides is 2. The average Bonchev–Trinajstić information content (AvgIpc) is 2.91. The van der Waals surface area contributed by atoms with Gasteiger partial charge in [-0.15, -0.1) is 11.8 Å². The Morgan fingerprint density at radius 3 is 2.16 bits per heavy atom. The normalized spacial score (nSPS) is 12.0. The van der Waals surface area contributed by atoms with Crippen LogP contribution in [-0.4, -0.2) is 50.5 Å². The summed E-state index contributed by atoms with van der Waals surface area (Å²) in [4.78, 5) is 29.1. The van der Waals surface area contributed by atoms with Gasteiger partial charge in [0.25, 0.3) is 10.0 Å². The van der Waals surface area contributed by atoms with Gasteiger partial charge < -0.3 is 10.2 Å². The Kier molecular flexibility index (Phi) is 9.99. The van der Waals surface area contributed by atoms with Crippen LogP contribution in [0.5, 0.6) is 0 Å². The van der Waals surface area contributed by atoms with Crippen molar-refractivity contribution in [3.05, 3.63) is 89.5 Å². The van der Waals surface area contributed by atoms with E-state index in [4.69, 9.17) is 0 Å². The third kappa shape index (κ3) is 6.96. The van der Waals surface area contributed by atoms with E-state index in [-0.39, 0.29) is 17.3 Å². The van der Waals surface area contributed by atoms with Crippen LogP contribution >= 0.6 is 11.8 Å². The maximum absolute atomic E-state index is 13.9. The number of likely N-dealkylation sites (N-methyl/N-ethyl adjacent to an activating group) is 1. The van der Waals surface area contributed by atoms with E-state index in [0.29, 0.717) is 12.2 Å². The summed E-state index contributed by atoms with van der Waals surface area (Å²) in [5.41, 5.74) is 3.20. The summed E-state index contributed by atoms with van der Waals surface area (Å²) < 4.78 is 28.8. The van der Waals surface area contributed by atoms with E-state index in [9.17, 15) is 18.0 Å². The quantitative estimate of drug-likeness (QED) is 0.346. The summed E-state index contributed by atoms with van der Waals surface area (Å²) in [6, 6.07) is 20.4. The van der Waals surface area contributed by atoms with Crippen LogP contribution in [0.2, 0.25) is 0 Å². The van der Waals surface area contributed by atoms with E-state index in [1.807, 2.05) is 63.4 Å². The van der Waals surface area contributed by atoms with E-state index in [2.05, 4.69) is 5.32 Å². The van der Waals surface area contributed by atoms with Gasteiger partial charge in [-0.1, -0.05) is 42.0 Å². The number of sulfonamides is 1. The number of hydrogen-bond acceptors (Lipinski definition) is 5. The summed E-state index contributed by atoms with van der Waals surface area (Å²) >= 11 is 1.51. The first-order valence-electron chi connectivity index (χ1n) is 12.4. The van der Waals surface area contributed by atoms with Crippen molar-refractivity contribution in [2.75, 3.05) is 23.7 Å². The molecule has 0 aliphatic heterocycles. The fourth-order valence-corrected chi connectivity index (χ4v) is 5.81. The molecule has 0 aliphatic carbocycles. The van der Waals surface area contributed by atoms with Gasteiger partial charge in [0.05, 0.1) is 10.6 Å². The van der Waals surface area contributed by atoms with Gasteiger partial charge in [0.2, 0.25) is 11.8 Å². The summed E-state index contributed by atoms with van der Waals surface area (Å²) in [5.74, 6) is -0.774. The molecule has 9 heteroatoms. The molecule has 1 N–H and O–H groups in total. The predicted octanol–water partition coefficient (Wildman–Crippen LogP) is 4.77. The molecule has 3 rings (SSSR count). The van der Waals surface area contributed by atoms with Crippen molar-refractivity contribution in [3.8, 4) is 0 Å². The zero-order valence-electron chi connectivity index (χ0n) is 22.5. The third-order valence-corrected chi connectivity index (χ3v) is 8.90. The molecule has 0 bridgehead atoms. The number of nitrogens with zero attached hydrogens (tertiary/aromatic N) is 2. The Bertz CT molecular complexity index is 1360. The zero-order valence-corrected chi connectivity index (χ0v) is 24.1. The number of aryl methyl sites for hydroxylation is 2. The van der Waals surface area contributed by atoms with Crippen molar-refractivity contribution in [1.82, 2.24) is 10.2 Å². The molecule has 0 saturated carbocycles. The van der Waals surface area contributed by atoms with E-state index in [1.165, 1.54) is 16.7 Å². The molecular weight excluding hydrogens is 518 g/mol. The highest BCUT2D eigenvalue weighted by Gasteiger charge is 2.32. The minimum atomic E-state index is -4.08. The summed E-state index contributed by atoms with van der Waals surface area (Å²) in [6.07, 6.45) is 1.92. The second kappa shape index (κ2) is 13.0. The van der Waals surface area contributed by atoms with Gasteiger partial charge in [0.15, 0.2) is 0 Å². The molecule has 3 aromatic rings. The Morgan fingerprint density at radius 1 is 0.947 bits per heavy atom. The maximum Gasteiger partial charge on any atom is 0.264 e. The van der Waals surface area contributed by atoms with Gasteiger partial charge in [-0.2, -0.15) is 0 Å². The number of carbonyl (C=O) groups is 2. The molecular formula is C29H35N3O4S2. The largest absolute Gasteiger partial charge is 0.355 e. The molecule has 0 unspecified atom stereocenters. The number of hydrogen-bond donors (Lipinski definition) is 1. The number of anilines is 1.